The van der Waals surface area contributed by atoms with Crippen LogP contribution in [0.2, 0.25) is 5.02 Å². The van der Waals surface area contributed by atoms with Crippen LogP contribution < -0.4 is 11.1 Å². The zero-order chi connectivity index (χ0) is 12.1. The smallest absolute Gasteiger partial charge is 0.236 e. The first kappa shape index (κ1) is 13.0. The zero-order valence-electron chi connectivity index (χ0n) is 9.53. The Hall–Kier alpha value is -1.06. The Bertz CT molecular complexity index is 349. The number of hydrogen-bond donors (Lipinski definition) is 2. The summed E-state index contributed by atoms with van der Waals surface area (Å²) < 4.78 is 0. The third kappa shape index (κ3) is 4.21. The molecule has 88 valence electrons. The second kappa shape index (κ2) is 5.87. The molecule has 1 unspecified atom stereocenters. The summed E-state index contributed by atoms with van der Waals surface area (Å²) in [6.07, 6.45) is 0.773. The first-order chi connectivity index (χ1) is 7.49. The number of carbonyl (C=O) groups is 1. The summed E-state index contributed by atoms with van der Waals surface area (Å²) in [5, 5.41) is 3.56. The van der Waals surface area contributed by atoms with Crippen molar-refractivity contribution < 1.29 is 4.79 Å². The van der Waals surface area contributed by atoms with Crippen LogP contribution in [0.25, 0.3) is 0 Å². The number of nitrogens with one attached hydrogen (secondary N) is 1. The van der Waals surface area contributed by atoms with Crippen LogP contribution in [0.5, 0.6) is 0 Å². The minimum atomic E-state index is -0.465. The molecule has 0 aliphatic carbocycles. The minimum Gasteiger partial charge on any atom is -0.352 e. The molecule has 1 aromatic rings. The lowest BCUT2D eigenvalue weighted by Crippen LogP contribution is -2.43. The Morgan fingerprint density at radius 1 is 1.38 bits per heavy atom. The maximum atomic E-state index is 11.3. The third-order valence-corrected chi connectivity index (χ3v) is 2.51. The van der Waals surface area contributed by atoms with E-state index in [1.54, 1.807) is 6.92 Å². The first-order valence-electron chi connectivity index (χ1n) is 5.29. The van der Waals surface area contributed by atoms with Gasteiger partial charge in [-0.2, -0.15) is 0 Å². The monoisotopic (exact) mass is 240 g/mol. The van der Waals surface area contributed by atoms with E-state index in [0.717, 1.165) is 17.0 Å². The summed E-state index contributed by atoms with van der Waals surface area (Å²) in [5.74, 6) is -0.124. The molecule has 0 bridgehead atoms. The number of carbonyl (C=O) groups excluding carboxylic acids is 1. The summed E-state index contributed by atoms with van der Waals surface area (Å²) in [5.41, 5.74) is 6.61. The highest BCUT2D eigenvalue weighted by atomic mass is 35.5. The molecule has 1 amide bonds. The van der Waals surface area contributed by atoms with Crippen molar-refractivity contribution in [2.45, 2.75) is 32.4 Å². The standard InChI is InChI=1S/C12H17ClN2O/c1-8(15-12(16)9(2)14)7-10-3-5-11(13)6-4-10/h3-6,8-9H,7,14H2,1-2H3,(H,15,16)/t8?,9-/m0/s1. The minimum absolute atomic E-state index is 0.0691. The number of benzene rings is 1. The fourth-order valence-electron chi connectivity index (χ4n) is 1.40. The topological polar surface area (TPSA) is 55.1 Å². The molecule has 1 aromatic carbocycles. The van der Waals surface area contributed by atoms with E-state index in [2.05, 4.69) is 5.32 Å². The van der Waals surface area contributed by atoms with E-state index in [9.17, 15) is 4.79 Å². The fraction of sp³-hybridized carbons (Fsp3) is 0.417. The van der Waals surface area contributed by atoms with Gasteiger partial charge in [0.05, 0.1) is 6.04 Å². The van der Waals surface area contributed by atoms with Gasteiger partial charge in [-0.3, -0.25) is 4.79 Å². The Balaban J connectivity index is 2.48. The van der Waals surface area contributed by atoms with E-state index in [0.29, 0.717) is 0 Å². The molecular formula is C12H17ClN2O. The molecule has 0 aliphatic rings. The summed E-state index contributed by atoms with van der Waals surface area (Å²) in [6.45, 7) is 3.62. The second-order valence-electron chi connectivity index (χ2n) is 4.03. The van der Waals surface area contributed by atoms with E-state index < -0.39 is 6.04 Å². The fourth-order valence-corrected chi connectivity index (χ4v) is 1.53. The highest BCUT2D eigenvalue weighted by Crippen LogP contribution is 2.10. The maximum absolute atomic E-state index is 11.3. The molecule has 0 aliphatic heterocycles. The predicted molar refractivity (Wildman–Crippen MR) is 66.4 cm³/mol. The van der Waals surface area contributed by atoms with Gasteiger partial charge in [0.2, 0.25) is 5.91 Å². The Labute approximate surface area is 101 Å². The van der Waals surface area contributed by atoms with Crippen LogP contribution in [0.15, 0.2) is 24.3 Å². The molecule has 0 saturated heterocycles. The number of amides is 1. The van der Waals surface area contributed by atoms with E-state index in [-0.39, 0.29) is 11.9 Å². The largest absolute Gasteiger partial charge is 0.352 e. The van der Waals surface area contributed by atoms with Crippen LogP contribution in [0.4, 0.5) is 0 Å². The maximum Gasteiger partial charge on any atom is 0.236 e. The van der Waals surface area contributed by atoms with E-state index in [1.165, 1.54) is 0 Å². The number of halogens is 1. The lowest BCUT2D eigenvalue weighted by Gasteiger charge is -2.15. The van der Waals surface area contributed by atoms with Crippen LogP contribution >= 0.6 is 11.6 Å². The van der Waals surface area contributed by atoms with Crippen LogP contribution in [-0.2, 0) is 11.2 Å². The van der Waals surface area contributed by atoms with Crippen LogP contribution in [-0.4, -0.2) is 18.0 Å². The lowest BCUT2D eigenvalue weighted by molar-refractivity contribution is -0.122. The van der Waals surface area contributed by atoms with E-state index >= 15 is 0 Å². The molecule has 0 saturated carbocycles. The van der Waals surface area contributed by atoms with Gasteiger partial charge in [-0.15, -0.1) is 0 Å². The van der Waals surface area contributed by atoms with Gasteiger partial charge < -0.3 is 11.1 Å². The molecule has 0 radical (unpaired) electrons. The van der Waals surface area contributed by atoms with E-state index in [4.69, 9.17) is 17.3 Å². The van der Waals surface area contributed by atoms with Crippen molar-refractivity contribution in [2.24, 2.45) is 5.73 Å². The summed E-state index contributed by atoms with van der Waals surface area (Å²) in [4.78, 5) is 11.3. The van der Waals surface area contributed by atoms with Crippen molar-refractivity contribution in [3.63, 3.8) is 0 Å². The zero-order valence-corrected chi connectivity index (χ0v) is 10.3. The number of rotatable bonds is 4. The lowest BCUT2D eigenvalue weighted by atomic mass is 10.1. The molecule has 3 N–H and O–H groups in total. The van der Waals surface area contributed by atoms with Gasteiger partial charge in [0.15, 0.2) is 0 Å². The van der Waals surface area contributed by atoms with Gasteiger partial charge in [-0.05, 0) is 38.0 Å². The van der Waals surface area contributed by atoms with Crippen molar-refractivity contribution in [1.29, 1.82) is 0 Å². The molecule has 16 heavy (non-hydrogen) atoms. The predicted octanol–water partition coefficient (Wildman–Crippen LogP) is 1.73. The molecule has 0 heterocycles. The third-order valence-electron chi connectivity index (χ3n) is 2.26. The van der Waals surface area contributed by atoms with Crippen LogP contribution in [0, 0.1) is 0 Å². The Kier molecular flexibility index (Phi) is 4.77. The number of nitrogens with two attached hydrogens (primary N) is 1. The molecule has 3 nitrogen and oxygen atoms in total. The highest BCUT2D eigenvalue weighted by molar-refractivity contribution is 6.30. The normalized spacial score (nSPS) is 14.2. The Morgan fingerprint density at radius 3 is 2.44 bits per heavy atom. The Morgan fingerprint density at radius 2 is 1.94 bits per heavy atom. The van der Waals surface area contributed by atoms with E-state index in [1.807, 2.05) is 31.2 Å². The van der Waals surface area contributed by atoms with Crippen LogP contribution in [0.3, 0.4) is 0 Å². The van der Waals surface area contributed by atoms with Crippen LogP contribution in [0.1, 0.15) is 19.4 Å². The average Bonchev–Trinajstić information content (AvgIpc) is 2.21. The molecule has 0 spiro atoms. The second-order valence-corrected chi connectivity index (χ2v) is 4.47. The van der Waals surface area contributed by atoms with Gasteiger partial charge in [-0.1, -0.05) is 23.7 Å². The summed E-state index contributed by atoms with van der Waals surface area (Å²) in [7, 11) is 0. The van der Waals surface area contributed by atoms with Gasteiger partial charge in [-0.25, -0.2) is 0 Å². The van der Waals surface area contributed by atoms with Gasteiger partial charge in [0.1, 0.15) is 0 Å². The quantitative estimate of drug-likeness (QED) is 0.842. The average molecular weight is 241 g/mol. The van der Waals surface area contributed by atoms with Gasteiger partial charge >= 0.3 is 0 Å². The summed E-state index contributed by atoms with van der Waals surface area (Å²) in [6, 6.07) is 7.20. The molecular weight excluding hydrogens is 224 g/mol. The molecule has 4 heteroatoms. The first-order valence-corrected chi connectivity index (χ1v) is 5.67. The molecule has 0 fully saturated rings. The number of hydrogen-bond acceptors (Lipinski definition) is 2. The van der Waals surface area contributed by atoms with Crippen molar-refractivity contribution in [1.82, 2.24) is 5.32 Å². The van der Waals surface area contributed by atoms with Gasteiger partial charge in [0.25, 0.3) is 0 Å². The van der Waals surface area contributed by atoms with Gasteiger partial charge in [0, 0.05) is 11.1 Å². The van der Waals surface area contributed by atoms with Crippen molar-refractivity contribution in [2.75, 3.05) is 0 Å². The van der Waals surface area contributed by atoms with Crippen molar-refractivity contribution >= 4 is 17.5 Å². The molecule has 1 rings (SSSR count). The van der Waals surface area contributed by atoms with Crippen molar-refractivity contribution in [3.05, 3.63) is 34.9 Å². The summed E-state index contributed by atoms with van der Waals surface area (Å²) >= 11 is 5.79. The molecule has 0 aromatic heterocycles. The SMILES string of the molecule is CC(Cc1ccc(Cl)cc1)NC(=O)[C@H](C)N. The highest BCUT2D eigenvalue weighted by Gasteiger charge is 2.11. The molecule has 2 atom stereocenters. The van der Waals surface area contributed by atoms with Crippen molar-refractivity contribution in [3.8, 4) is 0 Å².